The summed E-state index contributed by atoms with van der Waals surface area (Å²) in [6.45, 7) is 6.63. The molecule has 2 aromatic carbocycles. The molecule has 1 N–H and O–H groups in total. The lowest BCUT2D eigenvalue weighted by atomic mass is 10.2. The average molecular weight is 416 g/mol. The van der Waals surface area contributed by atoms with E-state index in [1.165, 1.54) is 17.3 Å². The summed E-state index contributed by atoms with van der Waals surface area (Å²) in [5.74, 6) is 1.93. The molecule has 0 amide bonds. The number of nitrogens with zero attached hydrogens (tertiary/aromatic N) is 3. The number of aliphatic hydroxyl groups is 1. The Hall–Kier alpha value is -2.28. The van der Waals surface area contributed by atoms with Crippen molar-refractivity contribution in [2.75, 3.05) is 12.4 Å². The van der Waals surface area contributed by atoms with Gasteiger partial charge in [0, 0.05) is 22.9 Å². The maximum atomic E-state index is 10.3. The van der Waals surface area contributed by atoms with Crippen molar-refractivity contribution in [1.29, 1.82) is 0 Å². The number of thioether (sulfide) groups is 1. The second kappa shape index (κ2) is 9.78. The van der Waals surface area contributed by atoms with E-state index in [1.807, 2.05) is 60.0 Å². The maximum absolute atomic E-state index is 10.3. The van der Waals surface area contributed by atoms with Crippen molar-refractivity contribution < 1.29 is 9.84 Å². The number of aromatic nitrogens is 3. The number of aliphatic hydroxyl groups excluding tert-OH is 1. The van der Waals surface area contributed by atoms with E-state index in [0.717, 1.165) is 22.3 Å². The molecule has 0 saturated carbocycles. The van der Waals surface area contributed by atoms with E-state index in [9.17, 15) is 5.11 Å². The van der Waals surface area contributed by atoms with Gasteiger partial charge in [0.25, 0.3) is 0 Å². The van der Waals surface area contributed by atoms with Crippen LogP contribution in [0.1, 0.15) is 5.56 Å². The van der Waals surface area contributed by atoms with Crippen molar-refractivity contribution in [3.63, 3.8) is 0 Å². The highest BCUT2D eigenvalue weighted by Crippen LogP contribution is 2.25. The summed E-state index contributed by atoms with van der Waals surface area (Å²) in [5.41, 5.74) is 2.09. The molecule has 28 heavy (non-hydrogen) atoms. The molecule has 0 aliphatic carbocycles. The fraction of sp³-hybridized carbons (Fsp3) is 0.238. The number of hydrogen-bond donors (Lipinski definition) is 1. The van der Waals surface area contributed by atoms with Crippen LogP contribution in [0.3, 0.4) is 0 Å². The molecule has 0 spiro atoms. The van der Waals surface area contributed by atoms with Crippen LogP contribution < -0.4 is 4.74 Å². The summed E-state index contributed by atoms with van der Waals surface area (Å²) < 4.78 is 7.61. The molecule has 1 atom stereocenters. The van der Waals surface area contributed by atoms with E-state index in [-0.39, 0.29) is 6.61 Å². The molecule has 0 saturated heterocycles. The lowest BCUT2D eigenvalue weighted by Gasteiger charge is -2.13. The molecule has 0 radical (unpaired) electrons. The van der Waals surface area contributed by atoms with Crippen molar-refractivity contribution in [3.05, 3.63) is 71.8 Å². The molecule has 1 aromatic heterocycles. The van der Waals surface area contributed by atoms with Crippen LogP contribution in [0.15, 0.2) is 66.3 Å². The van der Waals surface area contributed by atoms with E-state index < -0.39 is 6.10 Å². The van der Waals surface area contributed by atoms with Crippen LogP contribution in [0.25, 0.3) is 11.4 Å². The van der Waals surface area contributed by atoms with Crippen LogP contribution in [-0.4, -0.2) is 38.3 Å². The van der Waals surface area contributed by atoms with E-state index in [1.54, 1.807) is 6.08 Å². The molecule has 0 unspecified atom stereocenters. The zero-order chi connectivity index (χ0) is 19.9. The third-order valence-electron chi connectivity index (χ3n) is 4.00. The van der Waals surface area contributed by atoms with Crippen LogP contribution in [0.4, 0.5) is 0 Å². The van der Waals surface area contributed by atoms with E-state index in [4.69, 9.17) is 16.3 Å². The van der Waals surface area contributed by atoms with Crippen LogP contribution in [0, 0.1) is 6.92 Å². The molecule has 5 nitrogen and oxygen atoms in total. The minimum absolute atomic E-state index is 0.218. The van der Waals surface area contributed by atoms with Gasteiger partial charge in [0.05, 0.1) is 6.10 Å². The highest BCUT2D eigenvalue weighted by atomic mass is 35.5. The quantitative estimate of drug-likeness (QED) is 0.408. The largest absolute Gasteiger partial charge is 0.491 e. The number of hydrogen-bond acceptors (Lipinski definition) is 5. The summed E-state index contributed by atoms with van der Waals surface area (Å²) in [6.07, 6.45) is 1.17. The number of ether oxygens (including phenoxy) is 1. The van der Waals surface area contributed by atoms with Gasteiger partial charge in [0.2, 0.25) is 0 Å². The molecule has 0 bridgehead atoms. The lowest BCUT2D eigenvalue weighted by Crippen LogP contribution is -2.20. The molecular formula is C21H22ClN3O2S. The molecule has 3 rings (SSSR count). The Morgan fingerprint density at radius 1 is 1.18 bits per heavy atom. The Balaban J connectivity index is 1.62. The van der Waals surface area contributed by atoms with Gasteiger partial charge in [-0.15, -0.1) is 16.8 Å². The first kappa shape index (κ1) is 20.5. The Bertz CT molecular complexity index is 910. The summed E-state index contributed by atoms with van der Waals surface area (Å²) in [4.78, 5) is 0. The van der Waals surface area contributed by atoms with Gasteiger partial charge in [-0.05, 0) is 43.3 Å². The molecule has 0 aliphatic rings. The molecule has 0 aliphatic heterocycles. The van der Waals surface area contributed by atoms with Crippen molar-refractivity contribution >= 4 is 23.4 Å². The van der Waals surface area contributed by atoms with Crippen molar-refractivity contribution in [3.8, 4) is 17.1 Å². The second-order valence-electron chi connectivity index (χ2n) is 6.30. The zero-order valence-corrected chi connectivity index (χ0v) is 17.2. The fourth-order valence-electron chi connectivity index (χ4n) is 2.55. The standard InChI is InChI=1S/C21H22ClN3O2S/c1-3-12-25-20(16-6-8-17(22)9-7-16)23-24-21(25)28-14-18(26)13-27-19-10-4-15(2)5-11-19/h3-11,18,26H,1,12-14H2,2H3/t18-/m1/s1. The van der Waals surface area contributed by atoms with Gasteiger partial charge >= 0.3 is 0 Å². The van der Waals surface area contributed by atoms with Gasteiger partial charge in [0.1, 0.15) is 12.4 Å². The molecule has 0 fully saturated rings. The number of aryl methyl sites for hydroxylation is 1. The zero-order valence-electron chi connectivity index (χ0n) is 15.6. The van der Waals surface area contributed by atoms with Gasteiger partial charge in [-0.1, -0.05) is 47.1 Å². The third-order valence-corrected chi connectivity index (χ3v) is 5.36. The first-order valence-corrected chi connectivity index (χ1v) is 10.2. The summed E-state index contributed by atoms with van der Waals surface area (Å²) in [5, 5.41) is 20.2. The minimum Gasteiger partial charge on any atom is -0.491 e. The van der Waals surface area contributed by atoms with Gasteiger partial charge in [-0.25, -0.2) is 0 Å². The van der Waals surface area contributed by atoms with Crippen LogP contribution >= 0.6 is 23.4 Å². The fourth-order valence-corrected chi connectivity index (χ4v) is 3.53. The average Bonchev–Trinajstić information content (AvgIpc) is 3.09. The lowest BCUT2D eigenvalue weighted by molar-refractivity contribution is 0.126. The SMILES string of the molecule is C=CCn1c(SC[C@H](O)COc2ccc(C)cc2)nnc1-c1ccc(Cl)cc1. The first-order valence-electron chi connectivity index (χ1n) is 8.87. The Morgan fingerprint density at radius 3 is 2.57 bits per heavy atom. The Kier molecular flexibility index (Phi) is 7.14. The topological polar surface area (TPSA) is 60.2 Å². The van der Waals surface area contributed by atoms with Crippen LogP contribution in [-0.2, 0) is 6.54 Å². The molecule has 1 heterocycles. The summed E-state index contributed by atoms with van der Waals surface area (Å²) in [7, 11) is 0. The predicted molar refractivity (Wildman–Crippen MR) is 114 cm³/mol. The smallest absolute Gasteiger partial charge is 0.191 e. The third kappa shape index (κ3) is 5.38. The Morgan fingerprint density at radius 2 is 1.89 bits per heavy atom. The second-order valence-corrected chi connectivity index (χ2v) is 7.72. The monoisotopic (exact) mass is 415 g/mol. The molecule has 3 aromatic rings. The van der Waals surface area contributed by atoms with Crippen LogP contribution in [0.5, 0.6) is 5.75 Å². The van der Waals surface area contributed by atoms with Gasteiger partial charge in [0.15, 0.2) is 11.0 Å². The van der Waals surface area contributed by atoms with Crippen molar-refractivity contribution in [2.24, 2.45) is 0 Å². The van der Waals surface area contributed by atoms with Gasteiger partial charge in [-0.2, -0.15) is 0 Å². The summed E-state index contributed by atoms with van der Waals surface area (Å²) >= 11 is 7.41. The number of allylic oxidation sites excluding steroid dienone is 1. The van der Waals surface area contributed by atoms with Crippen LogP contribution in [0.2, 0.25) is 5.02 Å². The minimum atomic E-state index is -0.626. The normalized spacial score (nSPS) is 12.0. The maximum Gasteiger partial charge on any atom is 0.191 e. The highest BCUT2D eigenvalue weighted by molar-refractivity contribution is 7.99. The van der Waals surface area contributed by atoms with E-state index in [0.29, 0.717) is 17.3 Å². The summed E-state index contributed by atoms with van der Waals surface area (Å²) in [6, 6.07) is 15.2. The first-order chi connectivity index (χ1) is 13.6. The number of benzene rings is 2. The van der Waals surface area contributed by atoms with Crippen molar-refractivity contribution in [2.45, 2.75) is 24.7 Å². The molecule has 7 heteroatoms. The van der Waals surface area contributed by atoms with E-state index >= 15 is 0 Å². The highest BCUT2D eigenvalue weighted by Gasteiger charge is 2.15. The van der Waals surface area contributed by atoms with Gasteiger partial charge in [-0.3, -0.25) is 4.57 Å². The Labute approximate surface area is 174 Å². The molecule has 146 valence electrons. The van der Waals surface area contributed by atoms with Gasteiger partial charge < -0.3 is 9.84 Å². The number of halogens is 1. The predicted octanol–water partition coefficient (Wildman–Crippen LogP) is 4.62. The number of rotatable bonds is 9. The van der Waals surface area contributed by atoms with Crippen molar-refractivity contribution in [1.82, 2.24) is 14.8 Å². The molecular weight excluding hydrogens is 394 g/mol. The van der Waals surface area contributed by atoms with E-state index in [2.05, 4.69) is 16.8 Å².